The van der Waals surface area contributed by atoms with Gasteiger partial charge in [0.15, 0.2) is 11.5 Å². The van der Waals surface area contributed by atoms with Crippen LogP contribution in [0.15, 0.2) is 57.7 Å². The fraction of sp³-hybridized carbons (Fsp3) is 0.276. The smallest absolute Gasteiger partial charge is 0.200 e. The maximum absolute atomic E-state index is 13.7. The topological polar surface area (TPSA) is 57.9 Å². The van der Waals surface area contributed by atoms with E-state index < -0.39 is 0 Å². The van der Waals surface area contributed by atoms with Crippen LogP contribution < -0.4 is 19.6 Å². The minimum Gasteiger partial charge on any atom is -0.490 e. The molecule has 0 amide bonds. The molecule has 0 spiro atoms. The van der Waals surface area contributed by atoms with Crippen LogP contribution in [0.2, 0.25) is 10.0 Å². The van der Waals surface area contributed by atoms with E-state index in [1.807, 2.05) is 36.4 Å². The van der Waals surface area contributed by atoms with Gasteiger partial charge < -0.3 is 18.6 Å². The van der Waals surface area contributed by atoms with Crippen molar-refractivity contribution >= 4 is 34.2 Å². The van der Waals surface area contributed by atoms with Crippen molar-refractivity contribution in [2.75, 3.05) is 13.2 Å². The maximum Gasteiger partial charge on any atom is 0.200 e. The molecule has 1 aromatic heterocycles. The minimum atomic E-state index is -0.0865. The van der Waals surface area contributed by atoms with Gasteiger partial charge in [0.05, 0.1) is 34.2 Å². The van der Waals surface area contributed by atoms with Gasteiger partial charge in [0, 0.05) is 12.5 Å². The predicted octanol–water partition coefficient (Wildman–Crippen LogP) is 7.77. The summed E-state index contributed by atoms with van der Waals surface area (Å²) >= 11 is 12.2. The van der Waals surface area contributed by atoms with Crippen LogP contribution in [0.1, 0.15) is 36.7 Å². The second kappa shape index (κ2) is 10.5. The molecule has 0 N–H and O–H groups in total. The van der Waals surface area contributed by atoms with E-state index in [1.54, 1.807) is 19.1 Å². The van der Waals surface area contributed by atoms with Crippen LogP contribution in [-0.2, 0) is 13.0 Å². The molecule has 0 saturated heterocycles. The Labute approximate surface area is 219 Å². The van der Waals surface area contributed by atoms with Gasteiger partial charge in [0.25, 0.3) is 0 Å². The summed E-state index contributed by atoms with van der Waals surface area (Å²) in [7, 11) is 0. The third-order valence-electron chi connectivity index (χ3n) is 6.18. The van der Waals surface area contributed by atoms with Crippen LogP contribution in [-0.4, -0.2) is 13.2 Å². The Balaban J connectivity index is 1.54. The summed E-state index contributed by atoms with van der Waals surface area (Å²) in [6, 6.07) is 14.7. The van der Waals surface area contributed by atoms with Gasteiger partial charge in [-0.15, -0.1) is 0 Å². The third kappa shape index (κ3) is 4.91. The molecule has 1 aliphatic heterocycles. The van der Waals surface area contributed by atoms with Crippen LogP contribution >= 0.6 is 23.2 Å². The van der Waals surface area contributed by atoms with Crippen molar-refractivity contribution in [3.63, 3.8) is 0 Å². The number of fused-ring (bicyclic) bond motifs is 2. The van der Waals surface area contributed by atoms with Gasteiger partial charge in [-0.25, -0.2) is 0 Å². The lowest BCUT2D eigenvalue weighted by Crippen LogP contribution is -2.09. The zero-order chi connectivity index (χ0) is 25.2. The molecule has 0 aliphatic carbocycles. The Morgan fingerprint density at radius 1 is 0.944 bits per heavy atom. The highest BCUT2D eigenvalue weighted by Gasteiger charge is 2.19. The van der Waals surface area contributed by atoms with Gasteiger partial charge in [-0.1, -0.05) is 48.7 Å². The second-order valence-electron chi connectivity index (χ2n) is 8.82. The SMILES string of the molecule is CCCc1cc2c(=O)c(-c3ccc4c(c3)OCCCO4)c(C)oc2cc1OCc1ccc(Cl)c(Cl)c1. The molecule has 2 heterocycles. The Kier molecular flexibility index (Phi) is 7.13. The van der Waals surface area contributed by atoms with Crippen molar-refractivity contribution in [3.05, 3.63) is 85.7 Å². The predicted molar refractivity (Wildman–Crippen MR) is 143 cm³/mol. The molecular weight excluding hydrogens is 499 g/mol. The number of halogens is 2. The first kappa shape index (κ1) is 24.5. The van der Waals surface area contributed by atoms with E-state index in [-0.39, 0.29) is 5.43 Å². The molecule has 0 saturated carbocycles. The normalized spacial score (nSPS) is 13.0. The first-order valence-electron chi connectivity index (χ1n) is 12.0. The van der Waals surface area contributed by atoms with E-state index in [4.69, 9.17) is 41.8 Å². The number of benzene rings is 3. The van der Waals surface area contributed by atoms with Crippen molar-refractivity contribution in [2.45, 2.75) is 39.7 Å². The standard InChI is InChI=1S/C29H26Cl2O5/c1-3-5-19-13-21-26(15-25(19)35-16-18-6-8-22(30)23(31)12-18)36-17(2)28(29(21)32)20-7-9-24-27(14-20)34-11-4-10-33-24/h6-9,12-15H,3-5,10-11,16H2,1-2H3. The summed E-state index contributed by atoms with van der Waals surface area (Å²) in [6.45, 7) is 5.40. The maximum atomic E-state index is 13.7. The molecule has 186 valence electrons. The Morgan fingerprint density at radius 3 is 2.53 bits per heavy atom. The summed E-state index contributed by atoms with van der Waals surface area (Å²) in [6.07, 6.45) is 2.48. The molecule has 7 heteroatoms. The summed E-state index contributed by atoms with van der Waals surface area (Å²) in [5.74, 6) is 2.54. The Hall–Kier alpha value is -3.15. The van der Waals surface area contributed by atoms with E-state index in [0.717, 1.165) is 36.0 Å². The first-order chi connectivity index (χ1) is 17.4. The van der Waals surface area contributed by atoms with Crippen LogP contribution in [0, 0.1) is 6.92 Å². The van der Waals surface area contributed by atoms with E-state index in [2.05, 4.69) is 6.92 Å². The van der Waals surface area contributed by atoms with Crippen molar-refractivity contribution in [3.8, 4) is 28.4 Å². The van der Waals surface area contributed by atoms with E-state index in [1.165, 1.54) is 0 Å². The molecule has 0 unspecified atom stereocenters. The number of aryl methyl sites for hydroxylation is 2. The highest BCUT2D eigenvalue weighted by Crippen LogP contribution is 2.36. The molecule has 0 bridgehead atoms. The number of rotatable bonds is 6. The first-order valence-corrected chi connectivity index (χ1v) is 12.8. The molecule has 0 fully saturated rings. The minimum absolute atomic E-state index is 0.0865. The highest BCUT2D eigenvalue weighted by atomic mass is 35.5. The molecule has 1 aliphatic rings. The molecule has 3 aromatic carbocycles. The molecular formula is C29H26Cl2O5. The average Bonchev–Trinajstić information content (AvgIpc) is 3.10. The van der Waals surface area contributed by atoms with Gasteiger partial charge in [-0.05, 0) is 60.4 Å². The zero-order valence-electron chi connectivity index (χ0n) is 20.2. The average molecular weight is 525 g/mol. The van der Waals surface area contributed by atoms with Crippen LogP contribution in [0.25, 0.3) is 22.1 Å². The van der Waals surface area contributed by atoms with Crippen molar-refractivity contribution in [2.24, 2.45) is 0 Å². The fourth-order valence-corrected chi connectivity index (χ4v) is 4.74. The molecule has 4 aromatic rings. The number of ether oxygens (including phenoxy) is 3. The Bertz CT molecular complexity index is 1490. The van der Waals surface area contributed by atoms with Crippen molar-refractivity contribution in [1.29, 1.82) is 0 Å². The summed E-state index contributed by atoms with van der Waals surface area (Å²) in [4.78, 5) is 13.7. The van der Waals surface area contributed by atoms with Gasteiger partial charge in [-0.3, -0.25) is 4.79 Å². The highest BCUT2D eigenvalue weighted by molar-refractivity contribution is 6.42. The monoisotopic (exact) mass is 524 g/mol. The summed E-state index contributed by atoms with van der Waals surface area (Å²) in [5.41, 5.74) is 3.51. The third-order valence-corrected chi connectivity index (χ3v) is 6.92. The largest absolute Gasteiger partial charge is 0.490 e. The summed E-state index contributed by atoms with van der Waals surface area (Å²) in [5, 5.41) is 1.50. The Morgan fingerprint density at radius 2 is 1.75 bits per heavy atom. The lowest BCUT2D eigenvalue weighted by atomic mass is 10.00. The molecule has 36 heavy (non-hydrogen) atoms. The molecule has 5 rings (SSSR count). The van der Waals surface area contributed by atoms with E-state index in [9.17, 15) is 4.79 Å². The lowest BCUT2D eigenvalue weighted by Gasteiger charge is -2.15. The van der Waals surface area contributed by atoms with E-state index >= 15 is 0 Å². The molecule has 0 radical (unpaired) electrons. The van der Waals surface area contributed by atoms with Crippen molar-refractivity contribution < 1.29 is 18.6 Å². The molecule has 5 nitrogen and oxygen atoms in total. The van der Waals surface area contributed by atoms with Gasteiger partial charge in [-0.2, -0.15) is 0 Å². The number of hydrogen-bond acceptors (Lipinski definition) is 5. The van der Waals surface area contributed by atoms with E-state index in [0.29, 0.717) is 69.4 Å². The van der Waals surface area contributed by atoms with Crippen LogP contribution in [0.4, 0.5) is 0 Å². The van der Waals surface area contributed by atoms with Gasteiger partial charge in [0.2, 0.25) is 5.43 Å². The molecule has 0 atom stereocenters. The van der Waals surface area contributed by atoms with Gasteiger partial charge in [0.1, 0.15) is 23.7 Å². The fourth-order valence-electron chi connectivity index (χ4n) is 4.42. The lowest BCUT2D eigenvalue weighted by molar-refractivity contribution is 0.297. The quantitative estimate of drug-likeness (QED) is 0.257. The summed E-state index contributed by atoms with van der Waals surface area (Å²) < 4.78 is 23.9. The van der Waals surface area contributed by atoms with Crippen LogP contribution in [0.5, 0.6) is 17.2 Å². The van der Waals surface area contributed by atoms with Crippen molar-refractivity contribution in [1.82, 2.24) is 0 Å². The van der Waals surface area contributed by atoms with Gasteiger partial charge >= 0.3 is 0 Å². The number of hydrogen-bond donors (Lipinski definition) is 0. The zero-order valence-corrected chi connectivity index (χ0v) is 21.7. The van der Waals surface area contributed by atoms with Crippen LogP contribution in [0.3, 0.4) is 0 Å². The second-order valence-corrected chi connectivity index (χ2v) is 9.63.